The summed E-state index contributed by atoms with van der Waals surface area (Å²) >= 11 is 0. The molecule has 0 aliphatic carbocycles. The van der Waals surface area contributed by atoms with E-state index in [1.807, 2.05) is 23.1 Å². The van der Waals surface area contributed by atoms with Crippen molar-refractivity contribution in [2.75, 3.05) is 16.8 Å². The van der Waals surface area contributed by atoms with Gasteiger partial charge in [0.05, 0.1) is 0 Å². The minimum atomic E-state index is -0.389. The second-order valence-corrected chi connectivity index (χ2v) is 6.93. The molecule has 2 aromatic carbocycles. The van der Waals surface area contributed by atoms with Crippen molar-refractivity contribution < 1.29 is 14.3 Å². The van der Waals surface area contributed by atoms with Crippen molar-refractivity contribution in [1.29, 1.82) is 0 Å². The summed E-state index contributed by atoms with van der Waals surface area (Å²) in [4.78, 5) is 27.2. The first kappa shape index (κ1) is 16.8. The summed E-state index contributed by atoms with van der Waals surface area (Å²) < 4.78 is 5.41. The summed E-state index contributed by atoms with van der Waals surface area (Å²) in [5, 5.41) is 2.87. The van der Waals surface area contributed by atoms with E-state index in [1.165, 1.54) is 5.56 Å². The summed E-state index contributed by atoms with van der Waals surface area (Å²) in [6.45, 7) is 2.68. The number of nitrogens with one attached hydrogen (secondary N) is 1. The Bertz CT molecular complexity index is 843. The molecule has 0 radical (unpaired) electrons. The zero-order valence-corrected chi connectivity index (χ0v) is 14.8. The van der Waals surface area contributed by atoms with Crippen LogP contribution in [0.4, 0.5) is 11.4 Å². The van der Waals surface area contributed by atoms with Gasteiger partial charge in [0.15, 0.2) is 0 Å². The molecule has 0 bridgehead atoms. The molecule has 2 aliphatic heterocycles. The van der Waals surface area contributed by atoms with Crippen molar-refractivity contribution in [3.8, 4) is 0 Å². The molecular weight excluding hydrogens is 328 g/mol. The van der Waals surface area contributed by atoms with E-state index in [0.717, 1.165) is 24.9 Å². The average Bonchev–Trinajstić information content (AvgIpc) is 3.28. The molecule has 1 fully saturated rings. The molecule has 1 saturated heterocycles. The molecule has 2 heterocycles. The van der Waals surface area contributed by atoms with Crippen molar-refractivity contribution in [2.24, 2.45) is 0 Å². The van der Waals surface area contributed by atoms with Gasteiger partial charge in [-0.1, -0.05) is 24.3 Å². The van der Waals surface area contributed by atoms with Gasteiger partial charge in [-0.15, -0.1) is 0 Å². The van der Waals surface area contributed by atoms with Gasteiger partial charge in [0.1, 0.15) is 6.10 Å². The lowest BCUT2D eigenvalue weighted by atomic mass is 10.1. The molecule has 1 N–H and O–H groups in total. The molecule has 2 aliphatic rings. The minimum Gasteiger partial charge on any atom is -0.368 e. The van der Waals surface area contributed by atoms with Crippen LogP contribution in [0.5, 0.6) is 0 Å². The molecule has 5 nitrogen and oxygen atoms in total. The van der Waals surface area contributed by atoms with Gasteiger partial charge in [-0.3, -0.25) is 9.59 Å². The zero-order chi connectivity index (χ0) is 18.1. The Morgan fingerprint density at radius 3 is 2.81 bits per heavy atom. The maximum atomic E-state index is 13.1. The van der Waals surface area contributed by atoms with Gasteiger partial charge in [0.2, 0.25) is 0 Å². The smallest absolute Gasteiger partial charge is 0.258 e. The van der Waals surface area contributed by atoms with Crippen molar-refractivity contribution in [2.45, 2.75) is 38.3 Å². The number of hydrogen-bond acceptors (Lipinski definition) is 3. The number of benzene rings is 2. The number of fused-ring (bicyclic) bond motifs is 1. The Balaban J connectivity index is 1.54. The third-order valence-corrected chi connectivity index (χ3v) is 5.03. The fourth-order valence-corrected chi connectivity index (χ4v) is 3.75. The Hall–Kier alpha value is -2.66. The van der Waals surface area contributed by atoms with Crippen LogP contribution in [0.25, 0.3) is 0 Å². The van der Waals surface area contributed by atoms with Crippen LogP contribution in [-0.4, -0.2) is 30.6 Å². The van der Waals surface area contributed by atoms with E-state index in [4.69, 9.17) is 4.74 Å². The van der Waals surface area contributed by atoms with Crippen molar-refractivity contribution in [3.05, 3.63) is 59.7 Å². The van der Waals surface area contributed by atoms with Gasteiger partial charge in [-0.05, 0) is 56.0 Å². The normalized spacial score (nSPS) is 21.5. The molecular formula is C21H22N2O3. The first-order valence-corrected chi connectivity index (χ1v) is 9.07. The third kappa shape index (κ3) is 3.10. The molecule has 4 rings (SSSR count). The van der Waals surface area contributed by atoms with E-state index >= 15 is 0 Å². The molecule has 0 unspecified atom stereocenters. The van der Waals surface area contributed by atoms with Crippen molar-refractivity contribution in [1.82, 2.24) is 0 Å². The molecule has 26 heavy (non-hydrogen) atoms. The topological polar surface area (TPSA) is 58.6 Å². The number of carbonyl (C=O) groups excluding carboxylic acids is 2. The lowest BCUT2D eigenvalue weighted by Gasteiger charge is -2.23. The van der Waals surface area contributed by atoms with Crippen LogP contribution in [0.2, 0.25) is 0 Å². The fourth-order valence-electron chi connectivity index (χ4n) is 3.75. The molecule has 0 aromatic heterocycles. The highest BCUT2D eigenvalue weighted by Crippen LogP contribution is 2.33. The van der Waals surface area contributed by atoms with Gasteiger partial charge < -0.3 is 15.0 Å². The van der Waals surface area contributed by atoms with Crippen LogP contribution >= 0.6 is 0 Å². The first-order valence-electron chi connectivity index (χ1n) is 9.07. The molecule has 2 atom stereocenters. The van der Waals surface area contributed by atoms with Gasteiger partial charge in [-0.25, -0.2) is 0 Å². The van der Waals surface area contributed by atoms with E-state index in [1.54, 1.807) is 24.3 Å². The predicted octanol–water partition coefficient (Wildman–Crippen LogP) is 3.40. The number of ether oxygens (including phenoxy) is 1. The number of anilines is 2. The molecule has 5 heteroatoms. The Morgan fingerprint density at radius 2 is 2.00 bits per heavy atom. The maximum Gasteiger partial charge on any atom is 0.258 e. The van der Waals surface area contributed by atoms with Crippen LogP contribution in [0, 0.1) is 0 Å². The first-order chi connectivity index (χ1) is 12.6. The van der Waals surface area contributed by atoms with E-state index < -0.39 is 0 Å². The van der Waals surface area contributed by atoms with E-state index in [9.17, 15) is 9.59 Å². The molecule has 0 saturated carbocycles. The number of amides is 2. The Kier molecular flexibility index (Phi) is 4.47. The van der Waals surface area contributed by atoms with E-state index in [0.29, 0.717) is 17.9 Å². The minimum absolute atomic E-state index is 0.0457. The standard InChI is InChI=1S/C21H22N2O3/c1-14-12-15-6-2-3-9-18(15)23(14)21(25)16-7-4-8-17(13-16)22-20(24)19-10-5-11-26-19/h2-4,6-9,13-14,19H,5,10-12H2,1H3,(H,22,24)/t14-,19-/m0/s1. The summed E-state index contributed by atoms with van der Waals surface area (Å²) in [7, 11) is 0. The number of rotatable bonds is 3. The molecule has 134 valence electrons. The SMILES string of the molecule is C[C@H]1Cc2ccccc2N1C(=O)c1cccc(NC(=O)[C@@H]2CCCO2)c1. The third-order valence-electron chi connectivity index (χ3n) is 5.03. The number of nitrogens with zero attached hydrogens (tertiary/aromatic N) is 1. The summed E-state index contributed by atoms with van der Waals surface area (Å²) in [5.41, 5.74) is 3.35. The number of carbonyl (C=O) groups is 2. The number of para-hydroxylation sites is 1. The summed E-state index contributed by atoms with van der Waals surface area (Å²) in [5.74, 6) is -0.192. The summed E-state index contributed by atoms with van der Waals surface area (Å²) in [6, 6.07) is 15.2. The monoisotopic (exact) mass is 350 g/mol. The van der Waals surface area contributed by atoms with Crippen LogP contribution in [0.15, 0.2) is 48.5 Å². The zero-order valence-electron chi connectivity index (χ0n) is 14.8. The summed E-state index contributed by atoms with van der Waals surface area (Å²) in [6.07, 6.45) is 2.12. The predicted molar refractivity (Wildman–Crippen MR) is 100 cm³/mol. The van der Waals surface area contributed by atoms with Gasteiger partial charge >= 0.3 is 0 Å². The van der Waals surface area contributed by atoms with Gasteiger partial charge in [0, 0.05) is 29.6 Å². The van der Waals surface area contributed by atoms with Gasteiger partial charge in [-0.2, -0.15) is 0 Å². The van der Waals surface area contributed by atoms with E-state index in [-0.39, 0.29) is 24.0 Å². The number of hydrogen-bond donors (Lipinski definition) is 1. The maximum absolute atomic E-state index is 13.1. The highest BCUT2D eigenvalue weighted by atomic mass is 16.5. The second-order valence-electron chi connectivity index (χ2n) is 6.93. The average molecular weight is 350 g/mol. The highest BCUT2D eigenvalue weighted by Gasteiger charge is 2.31. The van der Waals surface area contributed by atoms with Crippen LogP contribution < -0.4 is 10.2 Å². The Labute approximate surface area is 153 Å². The molecule has 0 spiro atoms. The lowest BCUT2D eigenvalue weighted by molar-refractivity contribution is -0.124. The highest BCUT2D eigenvalue weighted by molar-refractivity contribution is 6.08. The van der Waals surface area contributed by atoms with Crippen LogP contribution in [0.3, 0.4) is 0 Å². The van der Waals surface area contributed by atoms with Crippen molar-refractivity contribution >= 4 is 23.2 Å². The Morgan fingerprint density at radius 1 is 1.15 bits per heavy atom. The van der Waals surface area contributed by atoms with Crippen LogP contribution in [0.1, 0.15) is 35.7 Å². The lowest BCUT2D eigenvalue weighted by Crippen LogP contribution is -2.35. The quantitative estimate of drug-likeness (QED) is 0.923. The second kappa shape index (κ2) is 6.92. The van der Waals surface area contributed by atoms with Gasteiger partial charge in [0.25, 0.3) is 11.8 Å². The molecule has 2 amide bonds. The molecule has 2 aromatic rings. The van der Waals surface area contributed by atoms with Crippen LogP contribution in [-0.2, 0) is 16.0 Å². The fraction of sp³-hybridized carbons (Fsp3) is 0.333. The van der Waals surface area contributed by atoms with E-state index in [2.05, 4.69) is 18.3 Å². The largest absolute Gasteiger partial charge is 0.368 e. The van der Waals surface area contributed by atoms with Crippen molar-refractivity contribution in [3.63, 3.8) is 0 Å².